The van der Waals surface area contributed by atoms with E-state index < -0.39 is 6.04 Å². The number of anilines is 1. The average molecular weight is 271 g/mol. The number of aromatic amines is 1. The lowest BCUT2D eigenvalue weighted by atomic mass is 10.1. The minimum absolute atomic E-state index is 0.260. The Labute approximate surface area is 117 Å². The normalized spacial score (nSPS) is 11.9. The number of H-pyrrole nitrogens is 1. The van der Waals surface area contributed by atoms with Crippen molar-refractivity contribution in [1.29, 1.82) is 0 Å². The van der Waals surface area contributed by atoms with Gasteiger partial charge in [-0.25, -0.2) is 4.98 Å². The molecule has 6 heteroatoms. The molecule has 6 nitrogen and oxygen atoms in total. The molecule has 0 saturated carbocycles. The predicted molar refractivity (Wildman–Crippen MR) is 78.0 cm³/mol. The minimum atomic E-state index is -0.616. The number of aromatic nitrogens is 3. The summed E-state index contributed by atoms with van der Waals surface area (Å²) in [7, 11) is 0. The van der Waals surface area contributed by atoms with Gasteiger partial charge in [0.05, 0.1) is 11.7 Å². The van der Waals surface area contributed by atoms with Crippen LogP contribution in [0.25, 0.3) is 11.4 Å². The summed E-state index contributed by atoms with van der Waals surface area (Å²) in [5.41, 5.74) is 7.13. The van der Waals surface area contributed by atoms with E-state index in [2.05, 4.69) is 27.1 Å². The number of benzene rings is 1. The van der Waals surface area contributed by atoms with Gasteiger partial charge in [-0.05, 0) is 25.5 Å². The van der Waals surface area contributed by atoms with Crippen molar-refractivity contribution < 1.29 is 4.79 Å². The summed E-state index contributed by atoms with van der Waals surface area (Å²) in [5.74, 6) is 0.991. The summed E-state index contributed by atoms with van der Waals surface area (Å²) in [5, 5.41) is 9.68. The van der Waals surface area contributed by atoms with E-state index in [0.29, 0.717) is 23.8 Å². The van der Waals surface area contributed by atoms with Gasteiger partial charge >= 0.3 is 0 Å². The number of nitrogens with two attached hydrogens (primary N) is 1. The van der Waals surface area contributed by atoms with Crippen LogP contribution in [-0.4, -0.2) is 27.1 Å². The SMILES string of the molecule is C=CCC(N)C(=O)Nc1ccccc1-c1n[nH]c(C)n1. The molecule has 20 heavy (non-hydrogen) atoms. The summed E-state index contributed by atoms with van der Waals surface area (Å²) in [4.78, 5) is 16.2. The standard InChI is InChI=1S/C14H17N5O/c1-3-6-11(15)14(20)17-12-8-5-4-7-10(12)13-16-9(2)18-19-13/h3-5,7-8,11H,1,6,15H2,2H3,(H,17,20)(H,16,18,19). The van der Waals surface area contributed by atoms with E-state index in [9.17, 15) is 4.79 Å². The zero-order valence-electron chi connectivity index (χ0n) is 11.3. The van der Waals surface area contributed by atoms with Crippen molar-refractivity contribution in [2.45, 2.75) is 19.4 Å². The molecule has 0 fully saturated rings. The molecule has 4 N–H and O–H groups in total. The molecule has 1 aromatic heterocycles. The van der Waals surface area contributed by atoms with Crippen molar-refractivity contribution in [1.82, 2.24) is 15.2 Å². The fourth-order valence-electron chi connectivity index (χ4n) is 1.76. The van der Waals surface area contributed by atoms with Crippen LogP contribution in [0, 0.1) is 6.92 Å². The van der Waals surface area contributed by atoms with Crippen molar-refractivity contribution in [2.75, 3.05) is 5.32 Å². The first-order chi connectivity index (χ1) is 9.61. The lowest BCUT2D eigenvalue weighted by molar-refractivity contribution is -0.117. The molecule has 0 aliphatic heterocycles. The second-order valence-corrected chi connectivity index (χ2v) is 4.41. The van der Waals surface area contributed by atoms with E-state index in [1.54, 1.807) is 12.1 Å². The highest BCUT2D eigenvalue weighted by Crippen LogP contribution is 2.24. The van der Waals surface area contributed by atoms with Crippen LogP contribution in [0.5, 0.6) is 0 Å². The Bertz CT molecular complexity index is 620. The highest BCUT2D eigenvalue weighted by Gasteiger charge is 2.15. The monoisotopic (exact) mass is 271 g/mol. The molecular weight excluding hydrogens is 254 g/mol. The number of nitrogens with zero attached hydrogens (tertiary/aromatic N) is 2. The van der Waals surface area contributed by atoms with E-state index in [4.69, 9.17) is 5.73 Å². The quantitative estimate of drug-likeness (QED) is 0.720. The lowest BCUT2D eigenvalue weighted by Gasteiger charge is -2.12. The maximum absolute atomic E-state index is 12.0. The third kappa shape index (κ3) is 3.10. The zero-order valence-corrected chi connectivity index (χ0v) is 11.3. The van der Waals surface area contributed by atoms with Gasteiger partial charge < -0.3 is 11.1 Å². The van der Waals surface area contributed by atoms with Crippen LogP contribution in [0.1, 0.15) is 12.2 Å². The molecule has 1 unspecified atom stereocenters. The first kappa shape index (κ1) is 14.0. The molecule has 1 aromatic carbocycles. The molecular formula is C14H17N5O. The smallest absolute Gasteiger partial charge is 0.241 e. The van der Waals surface area contributed by atoms with Crippen LogP contribution in [0.2, 0.25) is 0 Å². The maximum Gasteiger partial charge on any atom is 0.241 e. The maximum atomic E-state index is 12.0. The summed E-state index contributed by atoms with van der Waals surface area (Å²) in [6.45, 7) is 5.39. The molecule has 0 saturated heterocycles. The van der Waals surface area contributed by atoms with Gasteiger partial charge in [0, 0.05) is 5.56 Å². The van der Waals surface area contributed by atoms with Gasteiger partial charge in [0.15, 0.2) is 5.82 Å². The number of aryl methyl sites for hydroxylation is 1. The average Bonchev–Trinajstić information content (AvgIpc) is 2.86. The first-order valence-corrected chi connectivity index (χ1v) is 6.27. The summed E-state index contributed by atoms with van der Waals surface area (Å²) >= 11 is 0. The Hall–Kier alpha value is -2.47. The Balaban J connectivity index is 2.24. The summed E-state index contributed by atoms with van der Waals surface area (Å²) in [6, 6.07) is 6.71. The Morgan fingerprint density at radius 1 is 1.55 bits per heavy atom. The second-order valence-electron chi connectivity index (χ2n) is 4.41. The predicted octanol–water partition coefficient (Wildman–Crippen LogP) is 1.62. The number of rotatable bonds is 5. The number of hydrogen-bond acceptors (Lipinski definition) is 4. The topological polar surface area (TPSA) is 96.7 Å². The number of para-hydroxylation sites is 1. The van der Waals surface area contributed by atoms with Crippen LogP contribution in [0.4, 0.5) is 5.69 Å². The molecule has 104 valence electrons. The number of amides is 1. The van der Waals surface area contributed by atoms with E-state index in [-0.39, 0.29) is 5.91 Å². The van der Waals surface area contributed by atoms with Gasteiger partial charge in [-0.15, -0.1) is 6.58 Å². The number of carbonyl (C=O) groups excluding carboxylic acids is 1. The van der Waals surface area contributed by atoms with Crippen LogP contribution >= 0.6 is 0 Å². The Morgan fingerprint density at radius 3 is 2.95 bits per heavy atom. The molecule has 0 radical (unpaired) electrons. The van der Waals surface area contributed by atoms with Crippen molar-refractivity contribution in [3.8, 4) is 11.4 Å². The molecule has 1 heterocycles. The van der Waals surface area contributed by atoms with E-state index >= 15 is 0 Å². The number of nitrogens with one attached hydrogen (secondary N) is 2. The molecule has 0 spiro atoms. The van der Waals surface area contributed by atoms with E-state index in [1.807, 2.05) is 25.1 Å². The molecule has 1 amide bonds. The zero-order chi connectivity index (χ0) is 14.5. The Kier molecular flexibility index (Phi) is 4.27. The van der Waals surface area contributed by atoms with Crippen LogP contribution in [0.15, 0.2) is 36.9 Å². The fraction of sp³-hybridized carbons (Fsp3) is 0.214. The van der Waals surface area contributed by atoms with Crippen molar-refractivity contribution in [3.05, 3.63) is 42.7 Å². The molecule has 2 aromatic rings. The number of carbonyl (C=O) groups is 1. The Morgan fingerprint density at radius 2 is 2.30 bits per heavy atom. The molecule has 2 rings (SSSR count). The highest BCUT2D eigenvalue weighted by molar-refractivity contribution is 5.97. The van der Waals surface area contributed by atoms with Crippen molar-refractivity contribution in [2.24, 2.45) is 5.73 Å². The van der Waals surface area contributed by atoms with Gasteiger partial charge in [0.25, 0.3) is 0 Å². The first-order valence-electron chi connectivity index (χ1n) is 6.27. The minimum Gasteiger partial charge on any atom is -0.324 e. The highest BCUT2D eigenvalue weighted by atomic mass is 16.2. The number of hydrogen-bond donors (Lipinski definition) is 3. The lowest BCUT2D eigenvalue weighted by Crippen LogP contribution is -2.35. The van der Waals surface area contributed by atoms with Gasteiger partial charge in [-0.2, -0.15) is 5.10 Å². The molecule has 0 bridgehead atoms. The van der Waals surface area contributed by atoms with E-state index in [0.717, 1.165) is 5.56 Å². The van der Waals surface area contributed by atoms with Gasteiger partial charge in [-0.1, -0.05) is 18.2 Å². The van der Waals surface area contributed by atoms with Gasteiger partial charge in [-0.3, -0.25) is 9.89 Å². The third-order valence-electron chi connectivity index (χ3n) is 2.78. The van der Waals surface area contributed by atoms with Gasteiger partial charge in [0.2, 0.25) is 5.91 Å². The summed E-state index contributed by atoms with van der Waals surface area (Å²) < 4.78 is 0. The molecule has 0 aliphatic carbocycles. The second kappa shape index (κ2) is 6.12. The van der Waals surface area contributed by atoms with Crippen molar-refractivity contribution >= 4 is 11.6 Å². The van der Waals surface area contributed by atoms with Crippen LogP contribution in [-0.2, 0) is 4.79 Å². The van der Waals surface area contributed by atoms with Crippen molar-refractivity contribution in [3.63, 3.8) is 0 Å². The largest absolute Gasteiger partial charge is 0.324 e. The summed E-state index contributed by atoms with van der Waals surface area (Å²) in [6.07, 6.45) is 2.04. The fourth-order valence-corrected chi connectivity index (χ4v) is 1.76. The molecule has 1 atom stereocenters. The van der Waals surface area contributed by atoms with Crippen LogP contribution in [0.3, 0.4) is 0 Å². The molecule has 0 aliphatic rings. The third-order valence-corrected chi connectivity index (χ3v) is 2.78. The van der Waals surface area contributed by atoms with Crippen LogP contribution < -0.4 is 11.1 Å². The van der Waals surface area contributed by atoms with E-state index in [1.165, 1.54) is 0 Å². The van der Waals surface area contributed by atoms with Gasteiger partial charge in [0.1, 0.15) is 5.82 Å².